The normalized spacial score (nSPS) is 11.5. The van der Waals surface area contributed by atoms with E-state index in [0.717, 1.165) is 5.56 Å². The van der Waals surface area contributed by atoms with Crippen LogP contribution in [-0.2, 0) is 9.59 Å². The van der Waals surface area contributed by atoms with Crippen molar-refractivity contribution in [2.24, 2.45) is 0 Å². The van der Waals surface area contributed by atoms with E-state index in [4.69, 9.17) is 25.5 Å². The molecule has 0 aliphatic rings. The van der Waals surface area contributed by atoms with Crippen LogP contribution < -0.4 is 15.2 Å². The van der Waals surface area contributed by atoms with Crippen molar-refractivity contribution in [2.75, 3.05) is 5.73 Å². The van der Waals surface area contributed by atoms with Gasteiger partial charge in [0, 0.05) is 11.6 Å². The Hall–Kier alpha value is -5.66. The molecule has 2 aromatic heterocycles. The van der Waals surface area contributed by atoms with Crippen molar-refractivity contribution >= 4 is 23.7 Å². The van der Waals surface area contributed by atoms with E-state index in [2.05, 4.69) is 4.98 Å². The van der Waals surface area contributed by atoms with Gasteiger partial charge in [-0.25, -0.2) is 14.6 Å². The van der Waals surface area contributed by atoms with E-state index in [1.165, 1.54) is 36.4 Å². The smallest absolute Gasteiger partial charge is 0.490 e. The summed E-state index contributed by atoms with van der Waals surface area (Å²) in [5, 5.41) is 38.8. The number of hydrogen-bond acceptors (Lipinski definition) is 7. The molecular formula is C28H22F3N3O8. The molecule has 14 heteroatoms. The molecule has 5 N–H and O–H groups in total. The van der Waals surface area contributed by atoms with Crippen LogP contribution in [0, 0.1) is 5.21 Å². The summed E-state index contributed by atoms with van der Waals surface area (Å²) >= 11 is 0. The number of hydrogen-bond donors (Lipinski definition) is 4. The average molecular weight is 585 g/mol. The van der Waals surface area contributed by atoms with Gasteiger partial charge in [-0.3, -0.25) is 4.79 Å². The van der Waals surface area contributed by atoms with Crippen molar-refractivity contribution in [2.45, 2.75) is 18.5 Å². The summed E-state index contributed by atoms with van der Waals surface area (Å²) in [4.78, 5) is 35.9. The van der Waals surface area contributed by atoms with Crippen molar-refractivity contribution in [1.82, 2.24) is 4.98 Å². The second-order valence-corrected chi connectivity index (χ2v) is 8.54. The molecule has 4 rings (SSSR count). The second kappa shape index (κ2) is 13.1. The number of rotatable bonds is 8. The van der Waals surface area contributed by atoms with Gasteiger partial charge in [0.1, 0.15) is 11.6 Å². The Balaban J connectivity index is 0.000000616. The number of benzene rings is 2. The zero-order valence-electron chi connectivity index (χ0n) is 21.4. The summed E-state index contributed by atoms with van der Waals surface area (Å²) in [7, 11) is 0. The number of halogens is 3. The lowest BCUT2D eigenvalue weighted by molar-refractivity contribution is -0.620. The van der Waals surface area contributed by atoms with Crippen molar-refractivity contribution in [3.63, 3.8) is 0 Å². The Kier molecular flexibility index (Phi) is 9.65. The third kappa shape index (κ3) is 8.17. The minimum atomic E-state index is -5.08. The van der Waals surface area contributed by atoms with E-state index in [1.54, 1.807) is 42.5 Å². The fourth-order valence-electron chi connectivity index (χ4n) is 3.68. The van der Waals surface area contributed by atoms with Crippen LogP contribution in [0.25, 0.3) is 11.3 Å². The van der Waals surface area contributed by atoms with Gasteiger partial charge in [0.25, 0.3) is 0 Å². The van der Waals surface area contributed by atoms with Gasteiger partial charge in [-0.1, -0.05) is 18.2 Å². The van der Waals surface area contributed by atoms with Crippen LogP contribution in [0.2, 0.25) is 0 Å². The van der Waals surface area contributed by atoms with Crippen LogP contribution in [0.3, 0.4) is 0 Å². The maximum absolute atomic E-state index is 13.2. The SMILES string of the molecule is Nc1cccc(-c2ccc(Oc3cccc(C(CC(=O)O)c4ccc(C(=O)O)cc4)[n+]3[O-])cc2)n1.O=C(O)C(F)(F)F. The molecule has 0 saturated carbocycles. The van der Waals surface area contributed by atoms with Gasteiger partial charge < -0.3 is 31.0 Å². The lowest BCUT2D eigenvalue weighted by atomic mass is 9.91. The van der Waals surface area contributed by atoms with Crippen LogP contribution in [0.1, 0.15) is 34.0 Å². The number of carbonyl (C=O) groups is 3. The molecule has 0 saturated heterocycles. The molecule has 0 radical (unpaired) electrons. The number of ether oxygens (including phenoxy) is 1. The standard InChI is InChI=1S/C26H21N3O6.C2HF3O2/c27-23-5-1-3-21(28-23)17-11-13-19(14-12-17)35-24-6-2-4-22(29(24)34)20(15-25(30)31)16-7-9-18(10-8-16)26(32)33;3-2(4,5)1(6)7/h1-14,20H,15H2,(H2,27,28)(H,30,31)(H,32,33);(H,6,7). The summed E-state index contributed by atoms with van der Waals surface area (Å²) in [5.41, 5.74) is 7.98. The highest BCUT2D eigenvalue weighted by Crippen LogP contribution is 2.29. The highest BCUT2D eigenvalue weighted by atomic mass is 19.4. The summed E-state index contributed by atoms with van der Waals surface area (Å²) in [5.74, 6) is -5.00. The van der Waals surface area contributed by atoms with Crippen LogP contribution in [-0.4, -0.2) is 44.4 Å². The topological polar surface area (TPSA) is 187 Å². The van der Waals surface area contributed by atoms with Gasteiger partial charge in [0.2, 0.25) is 5.69 Å². The average Bonchev–Trinajstić information content (AvgIpc) is 2.93. The zero-order chi connectivity index (χ0) is 31.0. The van der Waals surface area contributed by atoms with Crippen molar-refractivity contribution < 1.29 is 52.3 Å². The maximum atomic E-state index is 13.2. The lowest BCUT2D eigenvalue weighted by Crippen LogP contribution is -2.35. The molecule has 4 aromatic rings. The van der Waals surface area contributed by atoms with E-state index in [-0.39, 0.29) is 23.6 Å². The van der Waals surface area contributed by atoms with Gasteiger partial charge in [0.05, 0.1) is 29.7 Å². The molecule has 218 valence electrons. The van der Waals surface area contributed by atoms with Crippen LogP contribution in [0.4, 0.5) is 19.0 Å². The number of anilines is 1. The number of nitrogen functional groups attached to an aromatic ring is 1. The first-order valence-electron chi connectivity index (χ1n) is 11.8. The van der Waals surface area contributed by atoms with Gasteiger partial charge in [-0.2, -0.15) is 13.2 Å². The fourth-order valence-corrected chi connectivity index (χ4v) is 3.68. The molecule has 11 nitrogen and oxygen atoms in total. The number of nitrogens with zero attached hydrogens (tertiary/aromatic N) is 2. The molecule has 2 heterocycles. The van der Waals surface area contributed by atoms with E-state index >= 15 is 0 Å². The van der Waals surface area contributed by atoms with Crippen molar-refractivity contribution in [3.8, 4) is 22.9 Å². The van der Waals surface area contributed by atoms with E-state index in [0.29, 0.717) is 27.6 Å². The molecule has 42 heavy (non-hydrogen) atoms. The first-order chi connectivity index (χ1) is 19.8. The fraction of sp³-hybridized carbons (Fsp3) is 0.107. The number of carboxylic acid groups (broad SMARTS) is 3. The quantitative estimate of drug-likeness (QED) is 0.167. The molecule has 2 aromatic carbocycles. The maximum Gasteiger partial charge on any atom is 0.490 e. The monoisotopic (exact) mass is 585 g/mol. The van der Waals surface area contributed by atoms with Crippen LogP contribution >= 0.6 is 0 Å². The largest absolute Gasteiger partial charge is 0.616 e. The minimum absolute atomic E-state index is 0.0325. The van der Waals surface area contributed by atoms with E-state index < -0.39 is 30.0 Å². The van der Waals surface area contributed by atoms with Crippen LogP contribution in [0.15, 0.2) is 84.9 Å². The third-order valence-corrected chi connectivity index (χ3v) is 5.62. The highest BCUT2D eigenvalue weighted by molar-refractivity contribution is 5.87. The number of pyridine rings is 2. The number of alkyl halides is 3. The molecule has 1 unspecified atom stereocenters. The number of nitrogens with two attached hydrogens (primary N) is 1. The lowest BCUT2D eigenvalue weighted by Gasteiger charge is -2.17. The number of carboxylic acids is 3. The Morgan fingerprint density at radius 3 is 2.02 bits per heavy atom. The molecule has 0 aliphatic carbocycles. The second-order valence-electron chi connectivity index (χ2n) is 8.54. The van der Waals surface area contributed by atoms with Crippen LogP contribution in [0.5, 0.6) is 11.6 Å². The zero-order valence-corrected chi connectivity index (χ0v) is 21.4. The Bertz CT molecular complexity index is 1580. The van der Waals surface area contributed by atoms with Gasteiger partial charge >= 0.3 is 30.0 Å². The molecule has 1 atom stereocenters. The number of aromatic nitrogens is 2. The Labute approximate surface area is 235 Å². The first kappa shape index (κ1) is 30.9. The summed E-state index contributed by atoms with van der Waals surface area (Å²) in [6.07, 6.45) is -5.44. The number of aromatic carboxylic acids is 1. The molecule has 0 amide bonds. The first-order valence-corrected chi connectivity index (χ1v) is 11.8. The summed E-state index contributed by atoms with van der Waals surface area (Å²) in [6.45, 7) is 0. The predicted octanol–water partition coefficient (Wildman–Crippen LogP) is 4.69. The Morgan fingerprint density at radius 1 is 0.905 bits per heavy atom. The van der Waals surface area contributed by atoms with E-state index in [9.17, 15) is 33.1 Å². The Morgan fingerprint density at radius 2 is 1.50 bits per heavy atom. The van der Waals surface area contributed by atoms with Crippen molar-refractivity contribution in [1.29, 1.82) is 0 Å². The van der Waals surface area contributed by atoms with Crippen molar-refractivity contribution in [3.05, 3.63) is 107 Å². The van der Waals surface area contributed by atoms with Gasteiger partial charge in [-0.15, -0.1) is 4.73 Å². The molecule has 0 fully saturated rings. The molecule has 0 aliphatic heterocycles. The summed E-state index contributed by atoms with van der Waals surface area (Å²) < 4.78 is 38.1. The molecule has 0 spiro atoms. The highest BCUT2D eigenvalue weighted by Gasteiger charge is 2.38. The minimum Gasteiger partial charge on any atom is -0.616 e. The predicted molar refractivity (Wildman–Crippen MR) is 141 cm³/mol. The number of aliphatic carboxylic acids is 2. The third-order valence-electron chi connectivity index (χ3n) is 5.62. The molecule has 0 bridgehead atoms. The van der Waals surface area contributed by atoms with E-state index in [1.807, 2.05) is 6.07 Å². The summed E-state index contributed by atoms with van der Waals surface area (Å²) in [6, 6.07) is 22.6. The van der Waals surface area contributed by atoms with Gasteiger partial charge in [-0.05, 0) is 60.2 Å². The molecular weight excluding hydrogens is 563 g/mol. The van der Waals surface area contributed by atoms with Gasteiger partial charge in [0.15, 0.2) is 0 Å².